The van der Waals surface area contributed by atoms with Gasteiger partial charge in [0.05, 0.1) is 31.5 Å². The fourth-order valence-corrected chi connectivity index (χ4v) is 4.49. The number of aryl methyl sites for hydroxylation is 1. The Kier molecular flexibility index (Phi) is 6.67. The van der Waals surface area contributed by atoms with E-state index in [1.54, 1.807) is 24.0 Å². The zero-order valence-corrected chi connectivity index (χ0v) is 19.0. The molecule has 0 radical (unpaired) electrons. The van der Waals surface area contributed by atoms with Crippen molar-refractivity contribution < 1.29 is 14.3 Å². The lowest BCUT2D eigenvalue weighted by atomic mass is 9.95. The van der Waals surface area contributed by atoms with Crippen LogP contribution in [0.4, 0.5) is 0 Å². The van der Waals surface area contributed by atoms with Gasteiger partial charge in [0.1, 0.15) is 17.3 Å². The smallest absolute Gasteiger partial charge is 0.260 e. The number of likely N-dealkylation sites (N-methyl/N-ethyl adjacent to an activating group) is 1. The molecule has 0 aliphatic carbocycles. The Labute approximate surface area is 188 Å². The molecule has 0 bridgehead atoms. The quantitative estimate of drug-likeness (QED) is 0.612. The zero-order chi connectivity index (χ0) is 22.7. The molecule has 2 aromatic heterocycles. The number of benzene rings is 1. The SMILES string of the molecule is CCN1CCN([C@H](c2cccc(OC)c2)c2c(O)cc(C)n(Cc3ccco3)c2=O)CC1. The summed E-state index contributed by atoms with van der Waals surface area (Å²) in [4.78, 5) is 18.4. The van der Waals surface area contributed by atoms with Crippen LogP contribution in [0, 0.1) is 6.92 Å². The molecular formula is C25H31N3O4. The second-order valence-electron chi connectivity index (χ2n) is 8.20. The summed E-state index contributed by atoms with van der Waals surface area (Å²) in [6, 6.07) is 12.7. The van der Waals surface area contributed by atoms with E-state index in [4.69, 9.17) is 9.15 Å². The third-order valence-corrected chi connectivity index (χ3v) is 6.32. The lowest BCUT2D eigenvalue weighted by Gasteiger charge is -2.39. The minimum atomic E-state index is -0.375. The zero-order valence-electron chi connectivity index (χ0n) is 19.0. The topological polar surface area (TPSA) is 71.1 Å². The fraction of sp³-hybridized carbons (Fsp3) is 0.400. The van der Waals surface area contributed by atoms with Crippen LogP contribution >= 0.6 is 0 Å². The van der Waals surface area contributed by atoms with E-state index in [0.29, 0.717) is 23.6 Å². The van der Waals surface area contributed by atoms with Crippen molar-refractivity contribution in [3.8, 4) is 11.5 Å². The van der Waals surface area contributed by atoms with E-state index < -0.39 is 0 Å². The highest BCUT2D eigenvalue weighted by molar-refractivity contribution is 5.43. The Bertz CT molecular complexity index is 1100. The Balaban J connectivity index is 1.82. The first-order valence-corrected chi connectivity index (χ1v) is 11.1. The van der Waals surface area contributed by atoms with Gasteiger partial charge in [-0.05, 0) is 49.4 Å². The van der Waals surface area contributed by atoms with Crippen LogP contribution in [0.25, 0.3) is 0 Å². The number of hydrogen-bond acceptors (Lipinski definition) is 6. The van der Waals surface area contributed by atoms with Gasteiger partial charge in [0.2, 0.25) is 0 Å². The number of ether oxygens (including phenoxy) is 1. The lowest BCUT2D eigenvalue weighted by Crippen LogP contribution is -2.48. The Morgan fingerprint density at radius 2 is 1.91 bits per heavy atom. The number of aromatic nitrogens is 1. The van der Waals surface area contributed by atoms with Crippen molar-refractivity contribution in [2.45, 2.75) is 26.4 Å². The highest BCUT2D eigenvalue weighted by Crippen LogP contribution is 2.34. The molecule has 7 heteroatoms. The summed E-state index contributed by atoms with van der Waals surface area (Å²) in [5.41, 5.74) is 1.80. The predicted octanol–water partition coefficient (Wildman–Crippen LogP) is 3.24. The van der Waals surface area contributed by atoms with Gasteiger partial charge in [0, 0.05) is 31.9 Å². The third-order valence-electron chi connectivity index (χ3n) is 6.32. The van der Waals surface area contributed by atoms with Crippen molar-refractivity contribution in [3.05, 3.63) is 81.7 Å². The van der Waals surface area contributed by atoms with Crippen LogP contribution < -0.4 is 10.3 Å². The van der Waals surface area contributed by atoms with E-state index in [1.807, 2.05) is 43.3 Å². The standard InChI is InChI=1S/C25H31N3O4/c1-4-26-10-12-27(13-11-26)24(19-7-5-8-20(16-19)31-3)23-22(29)15-18(2)28(25(23)30)17-21-9-6-14-32-21/h5-9,14-16,24,29H,4,10-13,17H2,1-3H3/t24-/m1/s1. The molecule has 1 atom stereocenters. The number of furan rings is 1. The summed E-state index contributed by atoms with van der Waals surface area (Å²) in [6.07, 6.45) is 1.60. The molecule has 3 heterocycles. The van der Waals surface area contributed by atoms with Gasteiger partial charge in [0.15, 0.2) is 0 Å². The number of methoxy groups -OCH3 is 1. The minimum absolute atomic E-state index is 0.0222. The van der Waals surface area contributed by atoms with Gasteiger partial charge in [-0.15, -0.1) is 0 Å². The Morgan fingerprint density at radius 3 is 2.56 bits per heavy atom. The molecule has 0 amide bonds. The number of nitrogens with zero attached hydrogens (tertiary/aromatic N) is 3. The predicted molar refractivity (Wildman–Crippen MR) is 123 cm³/mol. The summed E-state index contributed by atoms with van der Waals surface area (Å²) in [7, 11) is 1.63. The van der Waals surface area contributed by atoms with Crippen LogP contribution in [0.2, 0.25) is 0 Å². The van der Waals surface area contributed by atoms with Crippen LogP contribution in [0.3, 0.4) is 0 Å². The van der Waals surface area contributed by atoms with Crippen molar-refractivity contribution in [2.75, 3.05) is 39.8 Å². The molecule has 1 aliphatic rings. The van der Waals surface area contributed by atoms with E-state index in [0.717, 1.165) is 44.0 Å². The summed E-state index contributed by atoms with van der Waals surface area (Å²) in [5, 5.41) is 11.0. The van der Waals surface area contributed by atoms with Gasteiger partial charge >= 0.3 is 0 Å². The second-order valence-corrected chi connectivity index (χ2v) is 8.20. The third kappa shape index (κ3) is 4.45. The number of piperazine rings is 1. The average Bonchev–Trinajstić information content (AvgIpc) is 3.33. The first kappa shape index (κ1) is 22.2. The first-order chi connectivity index (χ1) is 15.5. The van der Waals surface area contributed by atoms with E-state index in [2.05, 4.69) is 16.7 Å². The summed E-state index contributed by atoms with van der Waals surface area (Å²) in [5.74, 6) is 1.44. The molecule has 1 N–H and O–H groups in total. The van der Waals surface area contributed by atoms with Crippen molar-refractivity contribution in [3.63, 3.8) is 0 Å². The van der Waals surface area contributed by atoms with Crippen LogP contribution in [0.5, 0.6) is 11.5 Å². The van der Waals surface area contributed by atoms with Gasteiger partial charge in [-0.3, -0.25) is 9.69 Å². The maximum Gasteiger partial charge on any atom is 0.260 e. The van der Waals surface area contributed by atoms with Gasteiger partial charge in [-0.1, -0.05) is 19.1 Å². The van der Waals surface area contributed by atoms with Gasteiger partial charge < -0.3 is 23.7 Å². The maximum absolute atomic E-state index is 13.8. The van der Waals surface area contributed by atoms with Crippen LogP contribution in [-0.4, -0.2) is 59.3 Å². The van der Waals surface area contributed by atoms with Crippen molar-refractivity contribution in [1.29, 1.82) is 0 Å². The number of pyridine rings is 1. The number of hydrogen-bond donors (Lipinski definition) is 1. The number of rotatable bonds is 7. The normalized spacial score (nSPS) is 16.2. The molecule has 3 aromatic rings. The number of aromatic hydroxyl groups is 1. The van der Waals surface area contributed by atoms with Crippen LogP contribution in [0.1, 0.15) is 35.5 Å². The first-order valence-electron chi connectivity index (χ1n) is 11.1. The Hall–Kier alpha value is -3.03. The molecule has 0 saturated carbocycles. The van der Waals surface area contributed by atoms with Crippen LogP contribution in [0.15, 0.2) is 57.9 Å². The van der Waals surface area contributed by atoms with Crippen molar-refractivity contribution in [2.24, 2.45) is 0 Å². The van der Waals surface area contributed by atoms with E-state index >= 15 is 0 Å². The molecule has 4 rings (SSSR count). The molecular weight excluding hydrogens is 406 g/mol. The molecule has 32 heavy (non-hydrogen) atoms. The molecule has 0 spiro atoms. The summed E-state index contributed by atoms with van der Waals surface area (Å²) < 4.78 is 12.6. The fourth-order valence-electron chi connectivity index (χ4n) is 4.49. The van der Waals surface area contributed by atoms with Gasteiger partial charge in [-0.2, -0.15) is 0 Å². The largest absolute Gasteiger partial charge is 0.507 e. The molecule has 1 saturated heterocycles. The lowest BCUT2D eigenvalue weighted by molar-refractivity contribution is 0.111. The van der Waals surface area contributed by atoms with Gasteiger partial charge in [-0.25, -0.2) is 0 Å². The van der Waals surface area contributed by atoms with E-state index in [9.17, 15) is 9.90 Å². The second kappa shape index (κ2) is 9.63. The highest BCUT2D eigenvalue weighted by atomic mass is 16.5. The molecule has 1 fully saturated rings. The molecule has 0 unspecified atom stereocenters. The molecule has 1 aliphatic heterocycles. The monoisotopic (exact) mass is 437 g/mol. The maximum atomic E-state index is 13.8. The van der Waals surface area contributed by atoms with Gasteiger partial charge in [0.25, 0.3) is 5.56 Å². The van der Waals surface area contributed by atoms with Crippen molar-refractivity contribution in [1.82, 2.24) is 14.4 Å². The molecule has 170 valence electrons. The van der Waals surface area contributed by atoms with Crippen molar-refractivity contribution >= 4 is 0 Å². The van der Waals surface area contributed by atoms with E-state index in [-0.39, 0.29) is 17.4 Å². The minimum Gasteiger partial charge on any atom is -0.507 e. The molecule has 7 nitrogen and oxygen atoms in total. The van der Waals surface area contributed by atoms with E-state index in [1.165, 1.54) is 0 Å². The average molecular weight is 438 g/mol. The Morgan fingerprint density at radius 1 is 1.12 bits per heavy atom. The summed E-state index contributed by atoms with van der Waals surface area (Å²) in [6.45, 7) is 8.77. The summed E-state index contributed by atoms with van der Waals surface area (Å²) >= 11 is 0. The van der Waals surface area contributed by atoms with Crippen LogP contribution in [-0.2, 0) is 6.54 Å². The highest BCUT2D eigenvalue weighted by Gasteiger charge is 2.31. The molecule has 1 aromatic carbocycles.